The van der Waals surface area contributed by atoms with Gasteiger partial charge in [0.05, 0.1) is 5.69 Å². The molecule has 112 valence electrons. The molecule has 0 saturated carbocycles. The molecule has 0 radical (unpaired) electrons. The Balaban J connectivity index is 1.90. The molecule has 0 aliphatic carbocycles. The monoisotopic (exact) mass is 276 g/mol. The van der Waals surface area contributed by atoms with Gasteiger partial charge in [-0.1, -0.05) is 13.8 Å². The van der Waals surface area contributed by atoms with E-state index in [1.165, 1.54) is 17.9 Å². The van der Waals surface area contributed by atoms with Crippen molar-refractivity contribution in [3.63, 3.8) is 0 Å². The molecule has 4 heteroatoms. The van der Waals surface area contributed by atoms with E-state index in [1.807, 2.05) is 6.20 Å². The number of rotatable bonds is 6. The Hall–Kier alpha value is -1.13. The zero-order chi connectivity index (χ0) is 14.4. The Bertz CT molecular complexity index is 407. The van der Waals surface area contributed by atoms with Gasteiger partial charge in [-0.25, -0.2) is 0 Å². The molecular weight excluding hydrogens is 248 g/mol. The van der Waals surface area contributed by atoms with Crippen LogP contribution in [0.4, 0.5) is 5.69 Å². The van der Waals surface area contributed by atoms with Crippen LogP contribution in [0.25, 0.3) is 0 Å². The first-order valence-electron chi connectivity index (χ1n) is 7.88. The molecule has 2 rings (SSSR count). The van der Waals surface area contributed by atoms with Gasteiger partial charge in [0.1, 0.15) is 0 Å². The first kappa shape index (κ1) is 15.3. The van der Waals surface area contributed by atoms with E-state index < -0.39 is 0 Å². The van der Waals surface area contributed by atoms with Gasteiger partial charge in [-0.15, -0.1) is 0 Å². The lowest BCUT2D eigenvalue weighted by Gasteiger charge is -2.39. The number of pyridine rings is 1. The summed E-state index contributed by atoms with van der Waals surface area (Å²) in [6.07, 6.45) is 3.06. The molecule has 0 bridgehead atoms. The number of anilines is 1. The summed E-state index contributed by atoms with van der Waals surface area (Å²) in [5.41, 5.74) is 2.36. The van der Waals surface area contributed by atoms with Crippen molar-refractivity contribution in [1.29, 1.82) is 0 Å². The van der Waals surface area contributed by atoms with E-state index in [4.69, 9.17) is 0 Å². The summed E-state index contributed by atoms with van der Waals surface area (Å²) in [6.45, 7) is 13.4. The summed E-state index contributed by atoms with van der Waals surface area (Å²) >= 11 is 0. The van der Waals surface area contributed by atoms with Gasteiger partial charge < -0.3 is 5.32 Å². The minimum Gasteiger partial charge on any atom is -0.385 e. The molecule has 0 aromatic carbocycles. The summed E-state index contributed by atoms with van der Waals surface area (Å²) in [6, 6.07) is 4.89. The van der Waals surface area contributed by atoms with Crippen LogP contribution in [-0.4, -0.2) is 53.5 Å². The van der Waals surface area contributed by atoms with Crippen LogP contribution in [0.1, 0.15) is 32.9 Å². The van der Waals surface area contributed by atoms with Gasteiger partial charge in [-0.2, -0.15) is 0 Å². The molecule has 1 fully saturated rings. The fourth-order valence-electron chi connectivity index (χ4n) is 2.86. The fraction of sp³-hybridized carbons (Fsp3) is 0.688. The van der Waals surface area contributed by atoms with Crippen molar-refractivity contribution < 1.29 is 0 Å². The maximum Gasteiger partial charge on any atom is 0.0564 e. The van der Waals surface area contributed by atoms with Gasteiger partial charge in [0.2, 0.25) is 0 Å². The van der Waals surface area contributed by atoms with Crippen molar-refractivity contribution in [3.05, 3.63) is 24.0 Å². The van der Waals surface area contributed by atoms with Gasteiger partial charge in [0.25, 0.3) is 0 Å². The fourth-order valence-corrected chi connectivity index (χ4v) is 2.86. The summed E-state index contributed by atoms with van der Waals surface area (Å²) in [5.74, 6) is 0. The lowest BCUT2D eigenvalue weighted by Crippen LogP contribution is -2.51. The highest BCUT2D eigenvalue weighted by molar-refractivity contribution is 5.43. The first-order chi connectivity index (χ1) is 9.72. The molecule has 20 heavy (non-hydrogen) atoms. The molecule has 4 nitrogen and oxygen atoms in total. The van der Waals surface area contributed by atoms with Crippen LogP contribution in [0, 0.1) is 0 Å². The number of hydrogen-bond donors (Lipinski definition) is 1. The van der Waals surface area contributed by atoms with Crippen molar-refractivity contribution in [3.8, 4) is 0 Å². The lowest BCUT2D eigenvalue weighted by molar-refractivity contribution is 0.0827. The number of hydrogen-bond acceptors (Lipinski definition) is 4. The van der Waals surface area contributed by atoms with E-state index in [2.05, 4.69) is 53.0 Å². The van der Waals surface area contributed by atoms with Gasteiger partial charge >= 0.3 is 0 Å². The molecule has 2 heterocycles. The number of likely N-dealkylation sites (N-methyl/N-ethyl adjacent to an activating group) is 1. The van der Waals surface area contributed by atoms with Crippen molar-refractivity contribution in [2.24, 2.45) is 0 Å². The number of piperazine rings is 1. The average molecular weight is 276 g/mol. The molecule has 1 unspecified atom stereocenters. The van der Waals surface area contributed by atoms with E-state index in [1.54, 1.807) is 0 Å². The number of nitrogens with zero attached hydrogens (tertiary/aromatic N) is 3. The highest BCUT2D eigenvalue weighted by Crippen LogP contribution is 2.14. The first-order valence-corrected chi connectivity index (χ1v) is 7.88. The van der Waals surface area contributed by atoms with Crippen molar-refractivity contribution in [2.75, 3.05) is 38.0 Å². The Morgan fingerprint density at radius 1 is 1.35 bits per heavy atom. The molecular formula is C16H28N4. The lowest BCUT2D eigenvalue weighted by atomic mass is 10.2. The molecule has 1 aliphatic rings. The third-order valence-corrected chi connectivity index (χ3v) is 4.04. The quantitative estimate of drug-likeness (QED) is 0.864. The molecule has 1 atom stereocenters. The smallest absolute Gasteiger partial charge is 0.0564 e. The van der Waals surface area contributed by atoms with Crippen molar-refractivity contribution in [1.82, 2.24) is 14.8 Å². The highest BCUT2D eigenvalue weighted by atomic mass is 15.3. The Kier molecular flexibility index (Phi) is 5.80. The largest absolute Gasteiger partial charge is 0.385 e. The van der Waals surface area contributed by atoms with Crippen LogP contribution in [-0.2, 0) is 6.54 Å². The second kappa shape index (κ2) is 7.60. The number of aromatic nitrogens is 1. The molecule has 1 aromatic heterocycles. The molecule has 1 aliphatic heterocycles. The maximum absolute atomic E-state index is 4.51. The maximum atomic E-state index is 4.51. The molecule has 1 aromatic rings. The minimum atomic E-state index is 0.648. The van der Waals surface area contributed by atoms with E-state index in [0.29, 0.717) is 6.04 Å². The minimum absolute atomic E-state index is 0.648. The van der Waals surface area contributed by atoms with Crippen LogP contribution in [0.2, 0.25) is 0 Å². The van der Waals surface area contributed by atoms with Crippen LogP contribution in [0.5, 0.6) is 0 Å². The molecule has 0 amide bonds. The van der Waals surface area contributed by atoms with Gasteiger partial charge in [-0.3, -0.25) is 14.8 Å². The van der Waals surface area contributed by atoms with E-state index in [0.717, 1.165) is 39.1 Å². The normalized spacial score (nSPS) is 21.1. The average Bonchev–Trinajstić information content (AvgIpc) is 2.46. The second-order valence-corrected chi connectivity index (χ2v) is 5.68. The highest BCUT2D eigenvalue weighted by Gasteiger charge is 2.22. The van der Waals surface area contributed by atoms with Crippen LogP contribution in [0.3, 0.4) is 0 Å². The summed E-state index contributed by atoms with van der Waals surface area (Å²) in [5, 5.41) is 3.43. The SMILES string of the molecule is CCCNc1ccnc(CN2CCN(CC)C(C)C2)c1. The van der Waals surface area contributed by atoms with Gasteiger partial charge in [0, 0.05) is 50.6 Å². The zero-order valence-electron chi connectivity index (χ0n) is 13.1. The van der Waals surface area contributed by atoms with Crippen molar-refractivity contribution >= 4 is 5.69 Å². The summed E-state index contributed by atoms with van der Waals surface area (Å²) in [7, 11) is 0. The van der Waals surface area contributed by atoms with Crippen LogP contribution in [0.15, 0.2) is 18.3 Å². The third kappa shape index (κ3) is 4.18. The molecule has 0 spiro atoms. The Labute approximate surface area is 123 Å². The zero-order valence-corrected chi connectivity index (χ0v) is 13.1. The summed E-state index contributed by atoms with van der Waals surface area (Å²) < 4.78 is 0. The third-order valence-electron chi connectivity index (χ3n) is 4.04. The Morgan fingerprint density at radius 2 is 2.20 bits per heavy atom. The second-order valence-electron chi connectivity index (χ2n) is 5.68. The van der Waals surface area contributed by atoms with E-state index >= 15 is 0 Å². The molecule has 1 saturated heterocycles. The van der Waals surface area contributed by atoms with E-state index in [9.17, 15) is 0 Å². The predicted octanol–water partition coefficient (Wildman–Crippen LogP) is 2.43. The van der Waals surface area contributed by atoms with Crippen LogP contribution < -0.4 is 5.32 Å². The van der Waals surface area contributed by atoms with Gasteiger partial charge in [0.15, 0.2) is 0 Å². The van der Waals surface area contributed by atoms with Crippen LogP contribution >= 0.6 is 0 Å². The topological polar surface area (TPSA) is 31.4 Å². The summed E-state index contributed by atoms with van der Waals surface area (Å²) in [4.78, 5) is 9.57. The standard InChI is InChI=1S/C16H28N4/c1-4-7-17-15-6-8-18-16(11-15)13-19-9-10-20(5-2)14(3)12-19/h6,8,11,14H,4-5,7,9-10,12-13H2,1-3H3,(H,17,18). The Morgan fingerprint density at radius 3 is 2.90 bits per heavy atom. The number of nitrogens with one attached hydrogen (secondary N) is 1. The van der Waals surface area contributed by atoms with Crippen molar-refractivity contribution in [2.45, 2.75) is 39.8 Å². The van der Waals surface area contributed by atoms with Gasteiger partial charge in [-0.05, 0) is 32.0 Å². The van der Waals surface area contributed by atoms with E-state index in [-0.39, 0.29) is 0 Å². The predicted molar refractivity (Wildman–Crippen MR) is 85.0 cm³/mol. The molecule has 1 N–H and O–H groups in total.